The summed E-state index contributed by atoms with van der Waals surface area (Å²) in [5, 5.41) is 0. The summed E-state index contributed by atoms with van der Waals surface area (Å²) < 4.78 is 11.3. The fourth-order valence-electron chi connectivity index (χ4n) is 2.01. The minimum atomic E-state index is 0.646. The predicted molar refractivity (Wildman–Crippen MR) is 71.2 cm³/mol. The largest absolute Gasteiger partial charge is 0.486 e. The van der Waals surface area contributed by atoms with Crippen LogP contribution in [0.3, 0.4) is 0 Å². The van der Waals surface area contributed by atoms with Crippen molar-refractivity contribution in [2.24, 2.45) is 5.73 Å². The van der Waals surface area contributed by atoms with Crippen LogP contribution in [0.15, 0.2) is 17.0 Å². The molecule has 1 aliphatic rings. The van der Waals surface area contributed by atoms with Crippen molar-refractivity contribution < 1.29 is 9.47 Å². The number of nitrogens with two attached hydrogens (primary N) is 1. The number of benzene rings is 1. The highest BCUT2D eigenvalue weighted by atomic mass is 32.2. The number of fused-ring (bicyclic) bond motifs is 1. The van der Waals surface area contributed by atoms with E-state index in [1.807, 2.05) is 6.07 Å². The molecule has 3 nitrogen and oxygen atoms in total. The molecular formula is C13H19NO2S. The van der Waals surface area contributed by atoms with E-state index in [0.717, 1.165) is 37.3 Å². The Bertz CT molecular complexity index is 382. The molecule has 94 valence electrons. The van der Waals surface area contributed by atoms with Gasteiger partial charge in [0.25, 0.3) is 0 Å². The summed E-state index contributed by atoms with van der Waals surface area (Å²) in [6.07, 6.45) is 5.34. The topological polar surface area (TPSA) is 44.5 Å². The number of hydrogen-bond donors (Lipinski definition) is 1. The lowest BCUT2D eigenvalue weighted by molar-refractivity contribution is 0.167. The molecule has 0 spiro atoms. The molecule has 0 amide bonds. The molecule has 2 rings (SSSR count). The Balaban J connectivity index is 2.20. The van der Waals surface area contributed by atoms with Crippen LogP contribution in [-0.4, -0.2) is 26.0 Å². The lowest BCUT2D eigenvalue weighted by atomic mass is 10.1. The molecule has 0 radical (unpaired) electrons. The molecule has 4 heteroatoms. The zero-order valence-electron chi connectivity index (χ0n) is 10.2. The van der Waals surface area contributed by atoms with E-state index in [9.17, 15) is 0 Å². The summed E-state index contributed by atoms with van der Waals surface area (Å²) >= 11 is 1.73. The van der Waals surface area contributed by atoms with Crippen molar-refractivity contribution in [2.45, 2.75) is 24.2 Å². The summed E-state index contributed by atoms with van der Waals surface area (Å²) in [4.78, 5) is 1.22. The fraction of sp³-hybridized carbons (Fsp3) is 0.538. The third-order valence-corrected chi connectivity index (χ3v) is 3.71. The number of unbranched alkanes of at least 4 members (excludes halogenated alkanes) is 1. The van der Waals surface area contributed by atoms with Crippen molar-refractivity contribution in [3.8, 4) is 11.5 Å². The van der Waals surface area contributed by atoms with E-state index in [4.69, 9.17) is 15.2 Å². The van der Waals surface area contributed by atoms with Crippen LogP contribution in [0, 0.1) is 0 Å². The first-order chi connectivity index (χ1) is 8.36. The van der Waals surface area contributed by atoms with E-state index in [1.165, 1.54) is 10.5 Å². The van der Waals surface area contributed by atoms with Crippen molar-refractivity contribution in [2.75, 3.05) is 26.0 Å². The average molecular weight is 253 g/mol. The number of hydrogen-bond acceptors (Lipinski definition) is 4. The minimum Gasteiger partial charge on any atom is -0.486 e. The van der Waals surface area contributed by atoms with E-state index in [1.54, 1.807) is 11.8 Å². The monoisotopic (exact) mass is 253 g/mol. The van der Waals surface area contributed by atoms with Gasteiger partial charge in [-0.25, -0.2) is 0 Å². The molecule has 0 saturated heterocycles. The van der Waals surface area contributed by atoms with E-state index in [2.05, 4.69) is 12.3 Å². The molecule has 0 fully saturated rings. The van der Waals surface area contributed by atoms with E-state index < -0.39 is 0 Å². The van der Waals surface area contributed by atoms with Crippen molar-refractivity contribution in [1.29, 1.82) is 0 Å². The van der Waals surface area contributed by atoms with Crippen LogP contribution in [0.4, 0.5) is 0 Å². The molecule has 1 aromatic carbocycles. The maximum absolute atomic E-state index is 5.72. The molecular weight excluding hydrogens is 234 g/mol. The van der Waals surface area contributed by atoms with Crippen LogP contribution in [0.2, 0.25) is 0 Å². The molecule has 0 unspecified atom stereocenters. The SMILES string of the molecule is CSc1c(CCCCN)ccc2c1OCCO2. The molecule has 1 heterocycles. The minimum absolute atomic E-state index is 0.646. The third-order valence-electron chi connectivity index (χ3n) is 2.85. The second kappa shape index (κ2) is 6.17. The van der Waals surface area contributed by atoms with Gasteiger partial charge in [-0.2, -0.15) is 0 Å². The van der Waals surface area contributed by atoms with Gasteiger partial charge in [-0.1, -0.05) is 6.07 Å². The standard InChI is InChI=1S/C13H19NO2S/c1-17-13-10(4-2-3-7-14)5-6-11-12(13)16-9-8-15-11/h5-6H,2-4,7-9,14H2,1H3. The van der Waals surface area contributed by atoms with Crippen LogP contribution < -0.4 is 15.2 Å². The van der Waals surface area contributed by atoms with Gasteiger partial charge in [0, 0.05) is 0 Å². The Labute approximate surface area is 107 Å². The van der Waals surface area contributed by atoms with Gasteiger partial charge < -0.3 is 15.2 Å². The number of rotatable bonds is 5. The van der Waals surface area contributed by atoms with Crippen LogP contribution in [0.25, 0.3) is 0 Å². The number of thioether (sulfide) groups is 1. The van der Waals surface area contributed by atoms with Gasteiger partial charge in [0.05, 0.1) is 4.90 Å². The highest BCUT2D eigenvalue weighted by molar-refractivity contribution is 7.98. The molecule has 0 saturated carbocycles. The maximum atomic E-state index is 5.72. The van der Waals surface area contributed by atoms with Gasteiger partial charge in [0.15, 0.2) is 11.5 Å². The Kier molecular flexibility index (Phi) is 4.57. The van der Waals surface area contributed by atoms with Crippen LogP contribution in [0.1, 0.15) is 18.4 Å². The maximum Gasteiger partial charge on any atom is 0.175 e. The van der Waals surface area contributed by atoms with Crippen LogP contribution in [0.5, 0.6) is 11.5 Å². The normalized spacial score (nSPS) is 13.8. The molecule has 1 aliphatic heterocycles. The van der Waals surface area contributed by atoms with Crippen molar-refractivity contribution in [3.05, 3.63) is 17.7 Å². The second-order valence-corrected chi connectivity index (χ2v) is 4.84. The molecule has 0 aromatic heterocycles. The third kappa shape index (κ3) is 2.87. The zero-order valence-corrected chi connectivity index (χ0v) is 11.0. The molecule has 1 aromatic rings. The average Bonchev–Trinajstić information content (AvgIpc) is 2.38. The van der Waals surface area contributed by atoms with Gasteiger partial charge >= 0.3 is 0 Å². The second-order valence-electron chi connectivity index (χ2n) is 4.03. The smallest absolute Gasteiger partial charge is 0.175 e. The Morgan fingerprint density at radius 2 is 2.06 bits per heavy atom. The van der Waals surface area contributed by atoms with E-state index in [-0.39, 0.29) is 0 Å². The van der Waals surface area contributed by atoms with E-state index >= 15 is 0 Å². The highest BCUT2D eigenvalue weighted by Crippen LogP contribution is 2.41. The van der Waals surface area contributed by atoms with Crippen molar-refractivity contribution in [1.82, 2.24) is 0 Å². The molecule has 0 bridgehead atoms. The van der Waals surface area contributed by atoms with Gasteiger partial charge in [-0.05, 0) is 43.7 Å². The summed E-state index contributed by atoms with van der Waals surface area (Å²) in [7, 11) is 0. The summed E-state index contributed by atoms with van der Waals surface area (Å²) in [6.45, 7) is 2.05. The lowest BCUT2D eigenvalue weighted by Crippen LogP contribution is -2.16. The molecule has 0 aliphatic carbocycles. The zero-order chi connectivity index (χ0) is 12.1. The van der Waals surface area contributed by atoms with Gasteiger partial charge in [0.2, 0.25) is 0 Å². The first-order valence-electron chi connectivity index (χ1n) is 6.02. The van der Waals surface area contributed by atoms with Crippen molar-refractivity contribution in [3.63, 3.8) is 0 Å². The van der Waals surface area contributed by atoms with Gasteiger partial charge in [-0.3, -0.25) is 0 Å². The Morgan fingerprint density at radius 3 is 2.82 bits per heavy atom. The summed E-state index contributed by atoms with van der Waals surface area (Å²) in [5.74, 6) is 1.80. The Morgan fingerprint density at radius 1 is 1.24 bits per heavy atom. The first kappa shape index (κ1) is 12.6. The fourth-order valence-corrected chi connectivity index (χ4v) is 2.79. The number of ether oxygens (including phenoxy) is 2. The van der Waals surface area contributed by atoms with E-state index in [0.29, 0.717) is 13.2 Å². The summed E-state index contributed by atoms with van der Waals surface area (Å²) in [5.41, 5.74) is 6.87. The lowest BCUT2D eigenvalue weighted by Gasteiger charge is -2.22. The van der Waals surface area contributed by atoms with Crippen molar-refractivity contribution >= 4 is 11.8 Å². The molecule has 2 N–H and O–H groups in total. The molecule has 0 atom stereocenters. The first-order valence-corrected chi connectivity index (χ1v) is 7.25. The highest BCUT2D eigenvalue weighted by Gasteiger charge is 2.18. The Hall–Kier alpha value is -0.870. The van der Waals surface area contributed by atoms with Crippen LogP contribution in [-0.2, 0) is 6.42 Å². The van der Waals surface area contributed by atoms with Gasteiger partial charge in [0.1, 0.15) is 13.2 Å². The quantitative estimate of drug-likeness (QED) is 0.646. The number of aryl methyl sites for hydroxylation is 1. The predicted octanol–water partition coefficient (Wildman–Crippen LogP) is 2.46. The van der Waals surface area contributed by atoms with Crippen LogP contribution >= 0.6 is 11.8 Å². The molecule has 17 heavy (non-hydrogen) atoms. The van der Waals surface area contributed by atoms with Gasteiger partial charge in [-0.15, -0.1) is 11.8 Å². The summed E-state index contributed by atoms with van der Waals surface area (Å²) in [6, 6.07) is 4.17.